The van der Waals surface area contributed by atoms with Crippen LogP contribution < -0.4 is 15.7 Å². The summed E-state index contributed by atoms with van der Waals surface area (Å²) in [7, 11) is -1.23. The van der Waals surface area contributed by atoms with Gasteiger partial charge >= 0.3 is 7.12 Å². The molecule has 0 saturated carbocycles. The Bertz CT molecular complexity index is 945. The lowest BCUT2D eigenvalue weighted by Gasteiger charge is -2.29. The van der Waals surface area contributed by atoms with Gasteiger partial charge in [0.2, 0.25) is 0 Å². The van der Waals surface area contributed by atoms with Gasteiger partial charge in [-0.25, -0.2) is 0 Å². The van der Waals surface area contributed by atoms with Gasteiger partial charge in [0.15, 0.2) is 5.78 Å². The van der Waals surface area contributed by atoms with Crippen LogP contribution in [0.3, 0.4) is 0 Å². The summed E-state index contributed by atoms with van der Waals surface area (Å²) >= 11 is 0. The number of aryl methyl sites for hydroxylation is 1. The largest absolute Gasteiger partial charge is 0.547 e. The molecule has 0 spiro atoms. The number of amides is 1. The molecular weight excluding hydrogens is 379 g/mol. The molecule has 158 valence electrons. The molecule has 3 rings (SSSR count). The van der Waals surface area contributed by atoms with E-state index in [-0.39, 0.29) is 11.7 Å². The molecule has 0 unspecified atom stereocenters. The number of carbonyl (C=O) groups excluding carboxylic acids is 2. The van der Waals surface area contributed by atoms with Crippen LogP contribution in [0.2, 0.25) is 0 Å². The van der Waals surface area contributed by atoms with Gasteiger partial charge in [0.05, 0.1) is 11.5 Å². The molecule has 0 bridgehead atoms. The fourth-order valence-corrected chi connectivity index (χ4v) is 3.72. The van der Waals surface area contributed by atoms with Crippen molar-refractivity contribution >= 4 is 18.8 Å². The molecule has 0 aromatic heterocycles. The molecule has 1 atom stereocenters. The Morgan fingerprint density at radius 1 is 1.27 bits per heavy atom. The quantitative estimate of drug-likeness (QED) is 0.483. The Labute approximate surface area is 178 Å². The average molecular weight is 408 g/mol. The second-order valence-corrected chi connectivity index (χ2v) is 8.26. The normalized spacial score (nSPS) is 15.5. The van der Waals surface area contributed by atoms with Gasteiger partial charge in [0.1, 0.15) is 5.75 Å². The Hall–Kier alpha value is -2.64. The number of rotatable bonds is 7. The number of para-hydroxylation sites is 1. The summed E-state index contributed by atoms with van der Waals surface area (Å²) in [6, 6.07) is 10.8. The number of nitrogens with two attached hydrogens (primary N) is 1. The monoisotopic (exact) mass is 408 g/mol. The highest BCUT2D eigenvalue weighted by atomic mass is 16.5. The molecule has 1 aliphatic rings. The fraction of sp³-hybridized carbons (Fsp3) is 0.391. The van der Waals surface area contributed by atoms with Gasteiger partial charge in [-0.05, 0) is 67.0 Å². The second kappa shape index (κ2) is 9.45. The Morgan fingerprint density at radius 3 is 2.70 bits per heavy atom. The van der Waals surface area contributed by atoms with E-state index >= 15 is 0 Å². The van der Waals surface area contributed by atoms with Crippen LogP contribution in [0.5, 0.6) is 5.75 Å². The zero-order chi connectivity index (χ0) is 21.8. The van der Waals surface area contributed by atoms with Crippen molar-refractivity contribution in [3.8, 4) is 5.75 Å². The second-order valence-electron chi connectivity index (χ2n) is 8.26. The van der Waals surface area contributed by atoms with Gasteiger partial charge in [0.25, 0.3) is 5.91 Å². The maximum Gasteiger partial charge on any atom is 0.547 e. The lowest BCUT2D eigenvalue weighted by atomic mass is 9.72. The van der Waals surface area contributed by atoms with Gasteiger partial charge in [-0.1, -0.05) is 32.0 Å². The molecule has 0 aliphatic carbocycles. The van der Waals surface area contributed by atoms with Gasteiger partial charge < -0.3 is 20.7 Å². The zero-order valence-electron chi connectivity index (χ0n) is 17.8. The predicted molar refractivity (Wildman–Crippen MR) is 117 cm³/mol. The highest BCUT2D eigenvalue weighted by molar-refractivity contribution is 6.47. The molecule has 1 heterocycles. The van der Waals surface area contributed by atoms with E-state index in [2.05, 4.69) is 19.2 Å². The summed E-state index contributed by atoms with van der Waals surface area (Å²) in [6.45, 7) is 6.22. The molecule has 6 nitrogen and oxygen atoms in total. The van der Waals surface area contributed by atoms with E-state index < -0.39 is 13.1 Å². The summed E-state index contributed by atoms with van der Waals surface area (Å²) < 4.78 is 5.60. The van der Waals surface area contributed by atoms with Gasteiger partial charge in [-0.15, -0.1) is 0 Å². The van der Waals surface area contributed by atoms with Gasteiger partial charge in [0, 0.05) is 12.1 Å². The first-order chi connectivity index (χ1) is 14.3. The zero-order valence-corrected chi connectivity index (χ0v) is 17.8. The van der Waals surface area contributed by atoms with E-state index in [1.807, 2.05) is 18.2 Å². The van der Waals surface area contributed by atoms with Crippen molar-refractivity contribution < 1.29 is 19.3 Å². The molecule has 0 radical (unpaired) electrons. The molecule has 0 saturated heterocycles. The first-order valence-electron chi connectivity index (χ1n) is 10.4. The van der Waals surface area contributed by atoms with Crippen LogP contribution in [0.15, 0.2) is 36.4 Å². The Kier molecular flexibility index (Phi) is 6.95. The third-order valence-corrected chi connectivity index (χ3v) is 5.49. The standard InChI is InChI=1S/C23H29BN2O4/c1-14(2)7-8-16-11-18(9-10-19(16)13-25)23(28)26-21-12-17-5-4-6-20(15(3)27)22(17)30-24(21)29/h4-6,9-11,14,21,29H,7-8,12-13,25H2,1-3H3,(H,26,28)/t21-/m0/s1. The number of ketones is 1. The number of hydrogen-bond acceptors (Lipinski definition) is 5. The van der Waals surface area contributed by atoms with Crippen molar-refractivity contribution in [2.45, 2.75) is 52.5 Å². The lowest BCUT2D eigenvalue weighted by molar-refractivity contribution is 0.0938. The number of benzene rings is 2. The van der Waals surface area contributed by atoms with Gasteiger partial charge in [-0.2, -0.15) is 0 Å². The van der Waals surface area contributed by atoms with E-state index in [9.17, 15) is 14.6 Å². The molecule has 4 N–H and O–H groups in total. The van der Waals surface area contributed by atoms with Crippen LogP contribution in [-0.4, -0.2) is 29.8 Å². The Balaban J connectivity index is 1.77. The van der Waals surface area contributed by atoms with Crippen LogP contribution >= 0.6 is 0 Å². The number of nitrogens with one attached hydrogen (secondary N) is 1. The Morgan fingerprint density at radius 2 is 2.03 bits per heavy atom. The molecule has 1 amide bonds. The van der Waals surface area contributed by atoms with E-state index in [4.69, 9.17) is 10.4 Å². The minimum absolute atomic E-state index is 0.129. The van der Waals surface area contributed by atoms with Gasteiger partial charge in [-0.3, -0.25) is 9.59 Å². The predicted octanol–water partition coefficient (Wildman–Crippen LogP) is 2.69. The first-order valence-corrected chi connectivity index (χ1v) is 10.4. The minimum atomic E-state index is -1.23. The third-order valence-electron chi connectivity index (χ3n) is 5.49. The highest BCUT2D eigenvalue weighted by Crippen LogP contribution is 2.30. The van der Waals surface area contributed by atoms with Crippen molar-refractivity contribution in [1.82, 2.24) is 5.32 Å². The topological polar surface area (TPSA) is 102 Å². The molecule has 30 heavy (non-hydrogen) atoms. The number of fused-ring (bicyclic) bond motifs is 1. The third kappa shape index (κ3) is 4.91. The molecule has 2 aromatic carbocycles. The summed E-state index contributed by atoms with van der Waals surface area (Å²) in [5.41, 5.74) is 9.72. The molecule has 1 aliphatic heterocycles. The lowest BCUT2D eigenvalue weighted by Crippen LogP contribution is -2.53. The number of hydrogen-bond donors (Lipinski definition) is 3. The van der Waals surface area contributed by atoms with Crippen LogP contribution in [0, 0.1) is 5.92 Å². The van der Waals surface area contributed by atoms with Crippen molar-refractivity contribution in [1.29, 1.82) is 0 Å². The smallest absolute Gasteiger partial charge is 0.534 e. The van der Waals surface area contributed by atoms with E-state index in [0.29, 0.717) is 35.8 Å². The number of Topliss-reactive ketones (excluding diaryl/α,β-unsaturated/α-hetero) is 1. The first kappa shape index (κ1) is 22.1. The molecular formula is C23H29BN2O4. The maximum atomic E-state index is 12.9. The van der Waals surface area contributed by atoms with Crippen molar-refractivity contribution in [3.63, 3.8) is 0 Å². The SMILES string of the molecule is CC(=O)c1cccc2c1OB(O)[C@@H](NC(=O)c1ccc(CN)c(CCC(C)C)c1)C2. The van der Waals surface area contributed by atoms with Crippen LogP contribution in [-0.2, 0) is 19.4 Å². The number of carbonyl (C=O) groups is 2. The van der Waals surface area contributed by atoms with Crippen molar-refractivity contribution in [2.24, 2.45) is 11.7 Å². The molecule has 7 heteroatoms. The molecule has 0 fully saturated rings. The molecule has 2 aromatic rings. The van der Waals surface area contributed by atoms with Crippen molar-refractivity contribution in [3.05, 3.63) is 64.2 Å². The van der Waals surface area contributed by atoms with E-state index in [0.717, 1.165) is 29.5 Å². The summed E-state index contributed by atoms with van der Waals surface area (Å²) in [6.07, 6.45) is 2.26. The minimum Gasteiger partial charge on any atom is -0.534 e. The fourth-order valence-electron chi connectivity index (χ4n) is 3.72. The van der Waals surface area contributed by atoms with Crippen LogP contribution in [0.25, 0.3) is 0 Å². The van der Waals surface area contributed by atoms with E-state index in [1.54, 1.807) is 18.2 Å². The van der Waals surface area contributed by atoms with Crippen LogP contribution in [0.4, 0.5) is 0 Å². The van der Waals surface area contributed by atoms with E-state index in [1.165, 1.54) is 6.92 Å². The average Bonchev–Trinajstić information content (AvgIpc) is 2.71. The maximum absolute atomic E-state index is 12.9. The summed E-state index contributed by atoms with van der Waals surface area (Å²) in [4.78, 5) is 24.7. The van der Waals surface area contributed by atoms with Crippen LogP contribution in [0.1, 0.15) is 64.6 Å². The summed E-state index contributed by atoms with van der Waals surface area (Å²) in [5.74, 6) is -0.0620. The van der Waals surface area contributed by atoms with Crippen molar-refractivity contribution in [2.75, 3.05) is 0 Å². The summed E-state index contributed by atoms with van der Waals surface area (Å²) in [5, 5.41) is 13.3. The highest BCUT2D eigenvalue weighted by Gasteiger charge is 2.37.